The lowest BCUT2D eigenvalue weighted by atomic mass is 10.1. The zero-order valence-corrected chi connectivity index (χ0v) is 20.3. The van der Waals surface area contributed by atoms with Crippen LogP contribution < -0.4 is 10.2 Å². The highest BCUT2D eigenvalue weighted by atomic mass is 16.5. The van der Waals surface area contributed by atoms with E-state index in [0.717, 1.165) is 34.0 Å². The first-order valence-electron chi connectivity index (χ1n) is 11.3. The van der Waals surface area contributed by atoms with Crippen molar-refractivity contribution in [1.29, 1.82) is 0 Å². The standard InChI is InChI=1S/C27H31N3O4/c1-6-33-25-12-10-21(11-13-25)15-26(31)29-28-17-23-14-19(4)30(20(23)5)24-9-7-8-22(16-24)27(32)34-18(2)3/h7-14,16-18H,6,15H2,1-5H3,(H,29,31)/b28-17-. The second kappa shape index (κ2) is 11.3. The molecular weight excluding hydrogens is 430 g/mol. The maximum atomic E-state index is 12.3. The molecule has 0 saturated heterocycles. The number of nitrogens with zero attached hydrogens (tertiary/aromatic N) is 2. The molecule has 0 spiro atoms. The summed E-state index contributed by atoms with van der Waals surface area (Å²) in [6, 6.07) is 16.7. The lowest BCUT2D eigenvalue weighted by Gasteiger charge is -2.12. The predicted molar refractivity (Wildman–Crippen MR) is 133 cm³/mol. The van der Waals surface area contributed by atoms with Gasteiger partial charge in [0.2, 0.25) is 5.91 Å². The first-order chi connectivity index (χ1) is 16.3. The summed E-state index contributed by atoms with van der Waals surface area (Å²) in [6.07, 6.45) is 1.67. The van der Waals surface area contributed by atoms with Crippen molar-refractivity contribution >= 4 is 18.1 Å². The molecule has 3 rings (SSSR count). The quantitative estimate of drug-likeness (QED) is 0.283. The number of hydrazone groups is 1. The number of nitrogens with one attached hydrogen (secondary N) is 1. The van der Waals surface area contributed by atoms with Crippen LogP contribution in [0.4, 0.5) is 0 Å². The van der Waals surface area contributed by atoms with Gasteiger partial charge in [-0.3, -0.25) is 4.79 Å². The fraction of sp³-hybridized carbons (Fsp3) is 0.296. The zero-order valence-electron chi connectivity index (χ0n) is 20.3. The SMILES string of the molecule is CCOc1ccc(CC(=O)N/N=C\c2cc(C)n(-c3cccc(C(=O)OC(C)C)c3)c2C)cc1. The van der Waals surface area contributed by atoms with E-state index in [1.807, 2.05) is 87.7 Å². The average molecular weight is 462 g/mol. The lowest BCUT2D eigenvalue weighted by molar-refractivity contribution is -0.120. The van der Waals surface area contributed by atoms with Gasteiger partial charge in [0, 0.05) is 22.6 Å². The van der Waals surface area contributed by atoms with Crippen LogP contribution in [0.2, 0.25) is 0 Å². The Hall–Kier alpha value is -3.87. The van der Waals surface area contributed by atoms with Crippen LogP contribution in [0.15, 0.2) is 59.7 Å². The highest BCUT2D eigenvalue weighted by Crippen LogP contribution is 2.21. The number of amides is 1. The molecule has 1 N–H and O–H groups in total. The van der Waals surface area contributed by atoms with E-state index in [2.05, 4.69) is 10.5 Å². The van der Waals surface area contributed by atoms with Crippen molar-refractivity contribution in [2.24, 2.45) is 5.10 Å². The van der Waals surface area contributed by atoms with Gasteiger partial charge in [-0.05, 0) is 76.6 Å². The summed E-state index contributed by atoms with van der Waals surface area (Å²) < 4.78 is 12.8. The molecule has 7 heteroatoms. The maximum Gasteiger partial charge on any atom is 0.338 e. The van der Waals surface area contributed by atoms with E-state index >= 15 is 0 Å². The minimum atomic E-state index is -0.351. The first-order valence-corrected chi connectivity index (χ1v) is 11.3. The van der Waals surface area contributed by atoms with Crippen molar-refractivity contribution in [3.63, 3.8) is 0 Å². The van der Waals surface area contributed by atoms with E-state index in [1.165, 1.54) is 0 Å². The van der Waals surface area contributed by atoms with Gasteiger partial charge in [-0.2, -0.15) is 5.10 Å². The van der Waals surface area contributed by atoms with Crippen LogP contribution in [0.1, 0.15) is 53.6 Å². The molecule has 34 heavy (non-hydrogen) atoms. The Morgan fingerprint density at radius 1 is 1.09 bits per heavy atom. The van der Waals surface area contributed by atoms with E-state index in [9.17, 15) is 9.59 Å². The van der Waals surface area contributed by atoms with Gasteiger partial charge in [0.1, 0.15) is 5.75 Å². The van der Waals surface area contributed by atoms with Crippen LogP contribution in [0.5, 0.6) is 5.75 Å². The number of rotatable bonds is 9. The van der Waals surface area contributed by atoms with Gasteiger partial charge < -0.3 is 14.0 Å². The molecule has 178 valence electrons. The number of aryl methyl sites for hydroxylation is 1. The normalized spacial score (nSPS) is 11.1. The Morgan fingerprint density at radius 2 is 1.82 bits per heavy atom. The zero-order chi connectivity index (χ0) is 24.7. The molecule has 0 bridgehead atoms. The number of hydrogen-bond acceptors (Lipinski definition) is 5. The number of aromatic nitrogens is 1. The van der Waals surface area contributed by atoms with E-state index in [4.69, 9.17) is 9.47 Å². The molecule has 0 aliphatic heterocycles. The molecule has 2 aromatic carbocycles. The number of esters is 1. The summed E-state index contributed by atoms with van der Waals surface area (Å²) in [5.41, 5.74) is 7.61. The van der Waals surface area contributed by atoms with E-state index in [0.29, 0.717) is 12.2 Å². The lowest BCUT2D eigenvalue weighted by Crippen LogP contribution is -2.19. The Balaban J connectivity index is 1.68. The minimum Gasteiger partial charge on any atom is -0.494 e. The monoisotopic (exact) mass is 461 g/mol. The summed E-state index contributed by atoms with van der Waals surface area (Å²) in [5, 5.41) is 4.14. The molecule has 7 nitrogen and oxygen atoms in total. The van der Waals surface area contributed by atoms with Crippen LogP contribution in [0.3, 0.4) is 0 Å². The van der Waals surface area contributed by atoms with Crippen molar-refractivity contribution in [3.8, 4) is 11.4 Å². The number of carbonyl (C=O) groups is 2. The van der Waals surface area contributed by atoms with Crippen LogP contribution >= 0.6 is 0 Å². The summed E-state index contributed by atoms with van der Waals surface area (Å²) in [4.78, 5) is 24.6. The summed E-state index contributed by atoms with van der Waals surface area (Å²) in [7, 11) is 0. The highest BCUT2D eigenvalue weighted by Gasteiger charge is 2.14. The van der Waals surface area contributed by atoms with Crippen LogP contribution in [-0.2, 0) is 16.0 Å². The summed E-state index contributed by atoms with van der Waals surface area (Å²) in [5.74, 6) is 0.226. The predicted octanol–water partition coefficient (Wildman–Crippen LogP) is 4.75. The third-order valence-electron chi connectivity index (χ3n) is 5.14. The number of benzene rings is 2. The van der Waals surface area contributed by atoms with Crippen LogP contribution in [0.25, 0.3) is 5.69 Å². The molecule has 0 fully saturated rings. The molecule has 1 amide bonds. The largest absolute Gasteiger partial charge is 0.494 e. The molecular formula is C27H31N3O4. The number of ether oxygens (including phenoxy) is 2. The van der Waals surface area contributed by atoms with Crippen molar-refractivity contribution < 1.29 is 19.1 Å². The third-order valence-corrected chi connectivity index (χ3v) is 5.14. The van der Waals surface area contributed by atoms with Gasteiger partial charge in [-0.15, -0.1) is 0 Å². The smallest absolute Gasteiger partial charge is 0.338 e. The molecule has 3 aromatic rings. The second-order valence-corrected chi connectivity index (χ2v) is 8.21. The molecule has 0 saturated carbocycles. The third kappa shape index (κ3) is 6.34. The Kier molecular flexibility index (Phi) is 8.24. The fourth-order valence-electron chi connectivity index (χ4n) is 3.64. The molecule has 0 atom stereocenters. The van der Waals surface area contributed by atoms with Gasteiger partial charge in [0.05, 0.1) is 30.9 Å². The molecule has 0 unspecified atom stereocenters. The number of hydrogen-bond donors (Lipinski definition) is 1. The summed E-state index contributed by atoms with van der Waals surface area (Å²) in [6.45, 7) is 10.1. The van der Waals surface area contributed by atoms with Gasteiger partial charge in [0.25, 0.3) is 0 Å². The summed E-state index contributed by atoms with van der Waals surface area (Å²) >= 11 is 0. The van der Waals surface area contributed by atoms with Crippen LogP contribution in [0, 0.1) is 13.8 Å². The Bertz CT molecular complexity index is 1180. The Labute approximate surface area is 200 Å². The molecule has 0 aliphatic rings. The van der Waals surface area contributed by atoms with Crippen molar-refractivity contribution in [3.05, 3.63) is 82.7 Å². The van der Waals surface area contributed by atoms with Crippen molar-refractivity contribution in [2.45, 2.75) is 47.1 Å². The fourth-order valence-corrected chi connectivity index (χ4v) is 3.64. The average Bonchev–Trinajstić information content (AvgIpc) is 3.08. The van der Waals surface area contributed by atoms with E-state index < -0.39 is 0 Å². The first kappa shape index (κ1) is 24.8. The van der Waals surface area contributed by atoms with Gasteiger partial charge in [-0.25, -0.2) is 10.2 Å². The highest BCUT2D eigenvalue weighted by molar-refractivity contribution is 5.90. The molecule has 0 aliphatic carbocycles. The van der Waals surface area contributed by atoms with Crippen LogP contribution in [-0.4, -0.2) is 35.4 Å². The van der Waals surface area contributed by atoms with E-state index in [1.54, 1.807) is 12.3 Å². The van der Waals surface area contributed by atoms with Gasteiger partial charge in [0.15, 0.2) is 0 Å². The molecule has 1 aromatic heterocycles. The van der Waals surface area contributed by atoms with Crippen molar-refractivity contribution in [1.82, 2.24) is 9.99 Å². The van der Waals surface area contributed by atoms with Crippen molar-refractivity contribution in [2.75, 3.05) is 6.61 Å². The topological polar surface area (TPSA) is 81.9 Å². The molecule has 1 heterocycles. The maximum absolute atomic E-state index is 12.3. The van der Waals surface area contributed by atoms with Gasteiger partial charge >= 0.3 is 5.97 Å². The van der Waals surface area contributed by atoms with Gasteiger partial charge in [-0.1, -0.05) is 18.2 Å². The number of carbonyl (C=O) groups excluding carboxylic acids is 2. The molecule has 0 radical (unpaired) electrons. The second-order valence-electron chi connectivity index (χ2n) is 8.21. The Morgan fingerprint density at radius 3 is 2.50 bits per heavy atom. The van der Waals surface area contributed by atoms with E-state index in [-0.39, 0.29) is 24.4 Å². The minimum absolute atomic E-state index is 0.182.